The summed E-state index contributed by atoms with van der Waals surface area (Å²) in [6.45, 7) is 0. The molecular formula is C18H17ClN4O2S. The van der Waals surface area contributed by atoms with E-state index in [1.54, 1.807) is 30.5 Å². The molecule has 6 nitrogen and oxygen atoms in total. The van der Waals surface area contributed by atoms with E-state index in [1.165, 1.54) is 0 Å². The molecule has 0 unspecified atom stereocenters. The van der Waals surface area contributed by atoms with Gasteiger partial charge >= 0.3 is 0 Å². The Morgan fingerprint density at radius 1 is 1.12 bits per heavy atom. The summed E-state index contributed by atoms with van der Waals surface area (Å²) >= 11 is 6.99. The van der Waals surface area contributed by atoms with E-state index in [-0.39, 0.29) is 18.1 Å². The fourth-order valence-corrected chi connectivity index (χ4v) is 3.75. The predicted molar refractivity (Wildman–Crippen MR) is 101 cm³/mol. The first-order valence-electron chi connectivity index (χ1n) is 8.49. The number of hydrogen-bond donors (Lipinski definition) is 1. The van der Waals surface area contributed by atoms with Gasteiger partial charge in [0.1, 0.15) is 17.1 Å². The van der Waals surface area contributed by atoms with Gasteiger partial charge < -0.3 is 10.1 Å². The number of hydrogen-bond acceptors (Lipinski definition) is 6. The first-order chi connectivity index (χ1) is 12.7. The highest BCUT2D eigenvalue weighted by Crippen LogP contribution is 2.24. The number of ether oxygens (including phenoxy) is 1. The van der Waals surface area contributed by atoms with Crippen molar-refractivity contribution in [3.63, 3.8) is 0 Å². The third-order valence-corrected chi connectivity index (χ3v) is 5.29. The van der Waals surface area contributed by atoms with Gasteiger partial charge in [0, 0.05) is 23.9 Å². The van der Waals surface area contributed by atoms with E-state index < -0.39 is 0 Å². The van der Waals surface area contributed by atoms with E-state index in [4.69, 9.17) is 16.3 Å². The molecule has 2 aromatic heterocycles. The normalized spacial score (nSPS) is 20.0. The molecule has 1 aliphatic carbocycles. The zero-order valence-corrected chi connectivity index (χ0v) is 15.5. The summed E-state index contributed by atoms with van der Waals surface area (Å²) in [6, 6.07) is 9.11. The average Bonchev–Trinajstić information content (AvgIpc) is 3.13. The van der Waals surface area contributed by atoms with Crippen molar-refractivity contribution in [2.24, 2.45) is 0 Å². The number of nitrogens with zero attached hydrogens (tertiary/aromatic N) is 3. The Bertz CT molecular complexity index is 907. The number of fused-ring (bicyclic) bond motifs is 1. The Morgan fingerprint density at radius 2 is 1.92 bits per heavy atom. The standard InChI is InChI=1S/C18H17ClN4O2S/c19-12-2-8-17(20-10-12)25-14-5-3-13(4-6-14)21-18(24)11-1-7-15-16(9-11)23-26-22-15/h1-2,7-10,13-14H,3-6H2,(H,21,24). The van der Waals surface area contributed by atoms with Crippen LogP contribution in [0.2, 0.25) is 5.02 Å². The largest absolute Gasteiger partial charge is 0.474 e. The zero-order chi connectivity index (χ0) is 17.9. The maximum atomic E-state index is 12.5. The summed E-state index contributed by atoms with van der Waals surface area (Å²) in [5.41, 5.74) is 2.20. The van der Waals surface area contributed by atoms with Gasteiger partial charge in [0.2, 0.25) is 5.88 Å². The highest BCUT2D eigenvalue weighted by atomic mass is 35.5. The third kappa shape index (κ3) is 3.94. The Kier molecular flexibility index (Phi) is 4.99. The molecule has 8 heteroatoms. The van der Waals surface area contributed by atoms with Gasteiger partial charge in [-0.05, 0) is 49.9 Å². The minimum absolute atomic E-state index is 0.0661. The van der Waals surface area contributed by atoms with Crippen molar-refractivity contribution < 1.29 is 9.53 Å². The second-order valence-electron chi connectivity index (χ2n) is 6.35. The molecule has 1 fully saturated rings. The highest BCUT2D eigenvalue weighted by molar-refractivity contribution is 7.00. The number of benzene rings is 1. The fraction of sp³-hybridized carbons (Fsp3) is 0.333. The van der Waals surface area contributed by atoms with E-state index in [1.807, 2.05) is 6.07 Å². The van der Waals surface area contributed by atoms with Crippen LogP contribution in [0.4, 0.5) is 0 Å². The molecule has 1 aromatic carbocycles. The van der Waals surface area contributed by atoms with E-state index >= 15 is 0 Å². The lowest BCUT2D eigenvalue weighted by Gasteiger charge is -2.29. The van der Waals surface area contributed by atoms with Crippen molar-refractivity contribution >= 4 is 40.3 Å². The molecule has 1 N–H and O–H groups in total. The van der Waals surface area contributed by atoms with E-state index in [0.717, 1.165) is 48.4 Å². The molecule has 0 atom stereocenters. The van der Waals surface area contributed by atoms with Gasteiger partial charge in [-0.15, -0.1) is 0 Å². The summed E-state index contributed by atoms with van der Waals surface area (Å²) in [4.78, 5) is 16.6. The molecule has 0 saturated heterocycles. The first-order valence-corrected chi connectivity index (χ1v) is 9.59. The molecule has 0 bridgehead atoms. The van der Waals surface area contributed by atoms with Gasteiger partial charge in [0.15, 0.2) is 0 Å². The number of pyridine rings is 1. The number of amides is 1. The highest BCUT2D eigenvalue weighted by Gasteiger charge is 2.24. The van der Waals surface area contributed by atoms with Gasteiger partial charge in [-0.1, -0.05) is 11.6 Å². The number of carbonyl (C=O) groups is 1. The van der Waals surface area contributed by atoms with Crippen LogP contribution in [0.1, 0.15) is 36.0 Å². The topological polar surface area (TPSA) is 77.0 Å². The Balaban J connectivity index is 1.30. The van der Waals surface area contributed by atoms with Crippen LogP contribution >= 0.6 is 23.3 Å². The summed E-state index contributed by atoms with van der Waals surface area (Å²) in [7, 11) is 0. The zero-order valence-electron chi connectivity index (χ0n) is 13.9. The average molecular weight is 389 g/mol. The van der Waals surface area contributed by atoms with Gasteiger partial charge in [-0.25, -0.2) is 4.98 Å². The molecule has 4 rings (SSSR count). The number of rotatable bonds is 4. The Labute approximate surface area is 159 Å². The van der Waals surface area contributed by atoms with Crippen LogP contribution in [-0.2, 0) is 0 Å². The molecule has 1 aliphatic rings. The summed E-state index contributed by atoms with van der Waals surface area (Å²) in [5, 5.41) is 3.70. The van der Waals surface area contributed by atoms with E-state index in [9.17, 15) is 4.79 Å². The summed E-state index contributed by atoms with van der Waals surface area (Å²) in [5.74, 6) is 0.524. The molecule has 26 heavy (non-hydrogen) atoms. The lowest BCUT2D eigenvalue weighted by Crippen LogP contribution is -2.39. The third-order valence-electron chi connectivity index (χ3n) is 4.51. The molecular weight excluding hydrogens is 372 g/mol. The Hall–Kier alpha value is -2.25. The van der Waals surface area contributed by atoms with Crippen molar-refractivity contribution in [3.05, 3.63) is 47.1 Å². The quantitative estimate of drug-likeness (QED) is 0.734. The minimum Gasteiger partial charge on any atom is -0.474 e. The predicted octanol–water partition coefficient (Wildman–Crippen LogP) is 3.86. The maximum Gasteiger partial charge on any atom is 0.251 e. The van der Waals surface area contributed by atoms with Crippen LogP contribution in [0.15, 0.2) is 36.5 Å². The molecule has 1 amide bonds. The van der Waals surface area contributed by atoms with Gasteiger partial charge in [-0.3, -0.25) is 4.79 Å². The monoisotopic (exact) mass is 388 g/mol. The van der Waals surface area contributed by atoms with Gasteiger partial charge in [0.05, 0.1) is 16.8 Å². The first kappa shape index (κ1) is 17.2. The fourth-order valence-electron chi connectivity index (χ4n) is 3.12. The molecule has 0 radical (unpaired) electrons. The van der Waals surface area contributed by atoms with Crippen LogP contribution in [0.25, 0.3) is 11.0 Å². The van der Waals surface area contributed by atoms with E-state index in [2.05, 4.69) is 19.0 Å². The smallest absolute Gasteiger partial charge is 0.251 e. The SMILES string of the molecule is O=C(NC1CCC(Oc2ccc(Cl)cn2)CC1)c1ccc2nsnc2c1. The lowest BCUT2D eigenvalue weighted by atomic mass is 9.92. The van der Waals surface area contributed by atoms with Crippen molar-refractivity contribution in [2.75, 3.05) is 0 Å². The molecule has 2 heterocycles. The molecule has 3 aromatic rings. The second-order valence-corrected chi connectivity index (χ2v) is 7.31. The van der Waals surface area contributed by atoms with Gasteiger partial charge in [-0.2, -0.15) is 8.75 Å². The molecule has 134 valence electrons. The van der Waals surface area contributed by atoms with Crippen LogP contribution in [0, 0.1) is 0 Å². The van der Waals surface area contributed by atoms with Crippen molar-refractivity contribution in [1.82, 2.24) is 19.0 Å². The number of carbonyl (C=O) groups excluding carboxylic acids is 1. The van der Waals surface area contributed by atoms with Crippen LogP contribution in [0.5, 0.6) is 5.88 Å². The lowest BCUT2D eigenvalue weighted by molar-refractivity contribution is 0.0890. The molecule has 0 aliphatic heterocycles. The molecule has 1 saturated carbocycles. The summed E-state index contributed by atoms with van der Waals surface area (Å²) in [6.07, 6.45) is 5.22. The van der Waals surface area contributed by atoms with E-state index in [0.29, 0.717) is 16.5 Å². The van der Waals surface area contributed by atoms with Crippen molar-refractivity contribution in [2.45, 2.75) is 37.8 Å². The van der Waals surface area contributed by atoms with Crippen molar-refractivity contribution in [3.8, 4) is 5.88 Å². The van der Waals surface area contributed by atoms with Crippen LogP contribution in [0.3, 0.4) is 0 Å². The van der Waals surface area contributed by atoms with Crippen LogP contribution < -0.4 is 10.1 Å². The minimum atomic E-state index is -0.0661. The van der Waals surface area contributed by atoms with Gasteiger partial charge in [0.25, 0.3) is 5.91 Å². The molecule has 0 spiro atoms. The van der Waals surface area contributed by atoms with Crippen molar-refractivity contribution in [1.29, 1.82) is 0 Å². The summed E-state index contributed by atoms with van der Waals surface area (Å²) < 4.78 is 14.2. The number of aromatic nitrogens is 3. The van der Waals surface area contributed by atoms with Crippen LogP contribution in [-0.4, -0.2) is 31.8 Å². The Morgan fingerprint density at radius 3 is 2.69 bits per heavy atom. The number of halogens is 1. The number of nitrogens with one attached hydrogen (secondary N) is 1. The maximum absolute atomic E-state index is 12.5. The second kappa shape index (κ2) is 7.55.